The SMILES string of the molecule is Nc1ccc(-c2nc(N3CCOCC3)c3cccn3n2)cc1.Nc1ccc(CN2CCOCC2)nc1.O=C(Nc1ccc(-c2nc(N3CCOCC3)c3cccn3n2)cc1)Nc1ccc(CN2CCOCC2)nc1. The van der Waals surface area contributed by atoms with Gasteiger partial charge in [0.05, 0.1) is 88.0 Å². The predicted molar refractivity (Wildman–Crippen MR) is 285 cm³/mol. The number of nitrogens with zero attached hydrogens (tertiary/aromatic N) is 12. The molecule has 6 aromatic heterocycles. The number of nitrogens with one attached hydrogen (secondary N) is 2. The lowest BCUT2D eigenvalue weighted by atomic mass is 10.2. The fourth-order valence-corrected chi connectivity index (χ4v) is 8.82. The van der Waals surface area contributed by atoms with Gasteiger partial charge in [-0.1, -0.05) is 0 Å². The highest BCUT2D eigenvalue weighted by Crippen LogP contribution is 2.27. The fourth-order valence-electron chi connectivity index (χ4n) is 8.82. The van der Waals surface area contributed by atoms with Crippen LogP contribution in [-0.2, 0) is 32.0 Å². The van der Waals surface area contributed by atoms with Gasteiger partial charge in [-0.3, -0.25) is 19.8 Å². The van der Waals surface area contributed by atoms with Crippen LogP contribution in [0.3, 0.4) is 0 Å². The van der Waals surface area contributed by atoms with E-state index in [2.05, 4.69) is 50.4 Å². The molecule has 6 N–H and O–H groups in total. The third kappa shape index (κ3) is 13.1. The third-order valence-corrected chi connectivity index (χ3v) is 12.8. The number of urea groups is 1. The standard InChI is InChI=1S/C27H30N8O3.C16H17N5O.C10H15N3O/c36-27(30-22-7-8-23(28-18-22)19-33-10-14-37-15-11-33)29-21-5-3-20(4-6-21)25-31-26(34-12-16-38-17-13-34)24-2-1-9-35(24)32-25;17-13-5-3-12(4-6-13)15-18-16(20-8-10-22-11-9-20)14-2-1-7-21(14)19-15;11-9-1-2-10(12-7-9)8-13-3-5-14-6-4-13/h1-9,18H,10-17,19H2,(H2,29,30,36);1-7H,8-11,17H2;1-2,7H,3-6,8,11H2. The molecule has 0 spiro atoms. The lowest BCUT2D eigenvalue weighted by Gasteiger charge is -2.28. The largest absolute Gasteiger partial charge is 0.399 e. The Labute approximate surface area is 429 Å². The highest BCUT2D eigenvalue weighted by molar-refractivity contribution is 5.99. The van der Waals surface area contributed by atoms with Gasteiger partial charge < -0.3 is 50.8 Å². The minimum atomic E-state index is -0.333. The first-order valence-corrected chi connectivity index (χ1v) is 25.0. The average molecular weight is 1000 g/mol. The van der Waals surface area contributed by atoms with E-state index in [4.69, 9.17) is 40.4 Å². The zero-order valence-corrected chi connectivity index (χ0v) is 41.3. The third-order valence-electron chi connectivity index (χ3n) is 12.8. The number of morpholine rings is 4. The van der Waals surface area contributed by atoms with E-state index in [0.717, 1.165) is 162 Å². The molecule has 0 saturated carbocycles. The van der Waals surface area contributed by atoms with Crippen molar-refractivity contribution in [2.24, 2.45) is 0 Å². The Morgan fingerprint density at radius 2 is 0.905 bits per heavy atom. The van der Waals surface area contributed by atoms with Gasteiger partial charge in [0.15, 0.2) is 23.3 Å². The monoisotopic (exact) mass is 1000 g/mol. The fraction of sp³-hybridized carbons (Fsp3) is 0.340. The van der Waals surface area contributed by atoms with Crippen LogP contribution in [0.15, 0.2) is 122 Å². The molecular weight excluding hydrogens is 941 g/mol. The molecule has 12 rings (SSSR count). The van der Waals surface area contributed by atoms with Crippen LogP contribution in [0, 0.1) is 0 Å². The number of rotatable bonds is 10. The van der Waals surface area contributed by atoms with E-state index in [1.165, 1.54) is 0 Å². The lowest BCUT2D eigenvalue weighted by molar-refractivity contribution is 0.0336. The first kappa shape index (κ1) is 49.8. The average Bonchev–Trinajstić information content (AvgIpc) is 4.14. The van der Waals surface area contributed by atoms with Gasteiger partial charge in [0, 0.05) is 100 Å². The zero-order chi connectivity index (χ0) is 50.5. The van der Waals surface area contributed by atoms with Crippen molar-refractivity contribution in [2.75, 3.05) is 137 Å². The van der Waals surface area contributed by atoms with Crippen LogP contribution < -0.4 is 31.9 Å². The molecule has 4 saturated heterocycles. The Hall–Kier alpha value is -7.79. The number of nitrogen functional groups attached to an aromatic ring is 2. The summed E-state index contributed by atoms with van der Waals surface area (Å²) < 4.78 is 25.3. The molecule has 4 aliphatic heterocycles. The van der Waals surface area contributed by atoms with Gasteiger partial charge >= 0.3 is 6.03 Å². The van der Waals surface area contributed by atoms with Gasteiger partial charge in [-0.15, -0.1) is 10.2 Å². The van der Waals surface area contributed by atoms with Crippen LogP contribution in [0.25, 0.3) is 33.8 Å². The Bertz CT molecular complexity index is 3040. The summed E-state index contributed by atoms with van der Waals surface area (Å²) in [6.45, 7) is 14.7. The van der Waals surface area contributed by atoms with Gasteiger partial charge in [-0.05, 0) is 97.1 Å². The minimum absolute atomic E-state index is 0.333. The van der Waals surface area contributed by atoms with Crippen molar-refractivity contribution in [3.8, 4) is 22.8 Å². The number of ether oxygens (including phenoxy) is 4. The second-order valence-corrected chi connectivity index (χ2v) is 18.1. The van der Waals surface area contributed by atoms with Gasteiger partial charge in [0.1, 0.15) is 11.0 Å². The highest BCUT2D eigenvalue weighted by Gasteiger charge is 2.21. The number of hydrogen-bond donors (Lipinski definition) is 4. The number of nitrogens with two attached hydrogens (primary N) is 2. The van der Waals surface area contributed by atoms with E-state index in [0.29, 0.717) is 36.2 Å². The summed E-state index contributed by atoms with van der Waals surface area (Å²) >= 11 is 0. The molecule has 0 unspecified atom stereocenters. The number of fused-ring (bicyclic) bond motifs is 2. The molecular formula is C53H62N16O5. The van der Waals surface area contributed by atoms with Gasteiger partial charge in [0.2, 0.25) is 0 Å². The Balaban J connectivity index is 0.000000145. The Kier molecular flexibility index (Phi) is 16.3. The quantitative estimate of drug-likeness (QED) is 0.126. The van der Waals surface area contributed by atoms with E-state index < -0.39 is 0 Å². The van der Waals surface area contributed by atoms with Crippen LogP contribution in [0.5, 0.6) is 0 Å². The van der Waals surface area contributed by atoms with Gasteiger partial charge in [-0.2, -0.15) is 0 Å². The van der Waals surface area contributed by atoms with Crippen molar-refractivity contribution in [1.29, 1.82) is 0 Å². The molecule has 8 aromatic rings. The van der Waals surface area contributed by atoms with Crippen LogP contribution in [0.4, 0.5) is 39.2 Å². The summed E-state index contributed by atoms with van der Waals surface area (Å²) in [5, 5.41) is 15.0. The van der Waals surface area contributed by atoms with Crippen LogP contribution in [0.1, 0.15) is 11.4 Å². The molecule has 10 heterocycles. The summed E-state index contributed by atoms with van der Waals surface area (Å²) in [6, 6.07) is 30.5. The van der Waals surface area contributed by atoms with Crippen LogP contribution >= 0.6 is 0 Å². The first-order chi connectivity index (χ1) is 36.4. The van der Waals surface area contributed by atoms with Crippen LogP contribution in [-0.4, -0.2) is 160 Å². The Morgan fingerprint density at radius 3 is 1.36 bits per heavy atom. The summed E-state index contributed by atoms with van der Waals surface area (Å²) in [5.41, 5.74) is 19.9. The van der Waals surface area contributed by atoms with E-state index in [1.54, 1.807) is 12.4 Å². The second kappa shape index (κ2) is 24.3. The van der Waals surface area contributed by atoms with Gasteiger partial charge in [-0.25, -0.2) is 23.8 Å². The molecule has 2 aromatic carbocycles. The molecule has 74 heavy (non-hydrogen) atoms. The molecule has 384 valence electrons. The Morgan fingerprint density at radius 1 is 0.486 bits per heavy atom. The maximum atomic E-state index is 12.6. The number of carbonyl (C=O) groups excluding carboxylic acids is 1. The number of anilines is 6. The number of amides is 2. The van der Waals surface area contributed by atoms with E-state index in [1.807, 2.05) is 118 Å². The molecule has 2 amide bonds. The van der Waals surface area contributed by atoms with E-state index >= 15 is 0 Å². The molecule has 0 bridgehead atoms. The normalized spacial score (nSPS) is 16.5. The highest BCUT2D eigenvalue weighted by atomic mass is 16.5. The van der Waals surface area contributed by atoms with Crippen molar-refractivity contribution >= 4 is 51.4 Å². The first-order valence-electron chi connectivity index (χ1n) is 25.0. The van der Waals surface area contributed by atoms with Crippen molar-refractivity contribution in [2.45, 2.75) is 13.1 Å². The van der Waals surface area contributed by atoms with Crippen LogP contribution in [0.2, 0.25) is 0 Å². The summed E-state index contributed by atoms with van der Waals surface area (Å²) in [6.07, 6.45) is 7.26. The summed E-state index contributed by atoms with van der Waals surface area (Å²) in [5.74, 6) is 3.17. The maximum absolute atomic E-state index is 12.6. The summed E-state index contributed by atoms with van der Waals surface area (Å²) in [4.78, 5) is 40.1. The number of carbonyl (C=O) groups is 1. The van der Waals surface area contributed by atoms with Crippen molar-refractivity contribution in [3.05, 3.63) is 133 Å². The molecule has 0 aliphatic carbocycles. The molecule has 4 aliphatic rings. The lowest BCUT2D eigenvalue weighted by Crippen LogP contribution is -2.37. The topological polar surface area (TPSA) is 229 Å². The predicted octanol–water partition coefficient (Wildman–Crippen LogP) is 5.42. The molecule has 21 nitrogen and oxygen atoms in total. The second-order valence-electron chi connectivity index (χ2n) is 18.1. The van der Waals surface area contributed by atoms with E-state index in [9.17, 15) is 4.79 Å². The molecule has 0 radical (unpaired) electrons. The summed E-state index contributed by atoms with van der Waals surface area (Å²) in [7, 11) is 0. The maximum Gasteiger partial charge on any atom is 0.323 e. The molecule has 21 heteroatoms. The van der Waals surface area contributed by atoms with E-state index in [-0.39, 0.29) is 6.03 Å². The number of aromatic nitrogens is 8. The molecule has 4 fully saturated rings. The minimum Gasteiger partial charge on any atom is -0.399 e. The van der Waals surface area contributed by atoms with Crippen molar-refractivity contribution < 1.29 is 23.7 Å². The number of benzene rings is 2. The number of hydrogen-bond acceptors (Lipinski definition) is 17. The number of pyridine rings is 2. The van der Waals surface area contributed by atoms with Crippen molar-refractivity contribution in [3.63, 3.8) is 0 Å². The smallest absolute Gasteiger partial charge is 0.323 e. The molecule has 0 atom stereocenters. The van der Waals surface area contributed by atoms with Gasteiger partial charge in [0.25, 0.3) is 0 Å². The zero-order valence-electron chi connectivity index (χ0n) is 41.3. The van der Waals surface area contributed by atoms with Crippen molar-refractivity contribution in [1.82, 2.24) is 49.0 Å².